The average molecular weight is 453 g/mol. The Morgan fingerprint density at radius 2 is 0.344 bits per heavy atom. The summed E-state index contributed by atoms with van der Waals surface area (Å²) in [6.07, 6.45) is 36.3. The highest BCUT2D eigenvalue weighted by Gasteiger charge is 2.05. The lowest BCUT2D eigenvalue weighted by molar-refractivity contribution is 0.146. The van der Waals surface area contributed by atoms with Crippen LogP contribution in [-0.2, 0) is 0 Å². The van der Waals surface area contributed by atoms with Crippen LogP contribution in [0.2, 0.25) is 0 Å². The number of aliphatic hydroxyl groups is 2. The molecular formula is C30H60O2. The Morgan fingerprint density at radius 3 is 0.500 bits per heavy atom. The van der Waals surface area contributed by atoms with Gasteiger partial charge in [-0.05, 0) is 25.7 Å². The molecule has 0 aromatic rings. The van der Waals surface area contributed by atoms with E-state index in [0.717, 1.165) is 25.7 Å². The minimum absolute atomic E-state index is 0.0430. The average Bonchev–Trinajstić information content (AvgIpc) is 2.78. The van der Waals surface area contributed by atoms with Crippen LogP contribution >= 0.6 is 0 Å². The predicted molar refractivity (Wildman–Crippen MR) is 141 cm³/mol. The second-order valence-corrected chi connectivity index (χ2v) is 10.9. The van der Waals surface area contributed by atoms with Crippen LogP contribution in [0.25, 0.3) is 0 Å². The Balaban J connectivity index is 2.11. The van der Waals surface area contributed by atoms with Crippen molar-refractivity contribution in [3.05, 3.63) is 0 Å². The maximum atomic E-state index is 10.2. The molecule has 1 aliphatic carbocycles. The van der Waals surface area contributed by atoms with Crippen LogP contribution in [0.4, 0.5) is 0 Å². The summed E-state index contributed by atoms with van der Waals surface area (Å²) >= 11 is 0. The fraction of sp³-hybridized carbons (Fsp3) is 1.00. The second-order valence-electron chi connectivity index (χ2n) is 10.9. The molecule has 32 heavy (non-hydrogen) atoms. The summed E-state index contributed by atoms with van der Waals surface area (Å²) in [6, 6.07) is 0. The lowest BCUT2D eigenvalue weighted by Crippen LogP contribution is -2.06. The van der Waals surface area contributed by atoms with Gasteiger partial charge in [-0.1, -0.05) is 154 Å². The van der Waals surface area contributed by atoms with Gasteiger partial charge in [-0.3, -0.25) is 0 Å². The van der Waals surface area contributed by atoms with Gasteiger partial charge >= 0.3 is 0 Å². The standard InChI is InChI=1S/C30H60O2/c31-29-25-21-17-13-9-5-1-2-6-10-14-18-22-26-30(32)28-24-20-16-12-8-4-3-7-11-15-19-23-27-29/h29-32H,1-28H2. The summed E-state index contributed by atoms with van der Waals surface area (Å²) in [5.74, 6) is 0. The van der Waals surface area contributed by atoms with E-state index in [1.807, 2.05) is 0 Å². The minimum Gasteiger partial charge on any atom is -0.393 e. The molecule has 0 heterocycles. The van der Waals surface area contributed by atoms with Crippen molar-refractivity contribution in [2.75, 3.05) is 0 Å². The van der Waals surface area contributed by atoms with E-state index in [1.54, 1.807) is 0 Å². The van der Waals surface area contributed by atoms with E-state index in [4.69, 9.17) is 0 Å². The van der Waals surface area contributed by atoms with Crippen molar-refractivity contribution < 1.29 is 10.2 Å². The van der Waals surface area contributed by atoms with Crippen LogP contribution in [0, 0.1) is 0 Å². The molecule has 1 fully saturated rings. The third-order valence-corrected chi connectivity index (χ3v) is 7.65. The van der Waals surface area contributed by atoms with Gasteiger partial charge in [0.05, 0.1) is 12.2 Å². The van der Waals surface area contributed by atoms with Crippen molar-refractivity contribution in [2.24, 2.45) is 0 Å². The van der Waals surface area contributed by atoms with E-state index in [-0.39, 0.29) is 12.2 Å². The van der Waals surface area contributed by atoms with Gasteiger partial charge in [0.2, 0.25) is 0 Å². The van der Waals surface area contributed by atoms with Gasteiger partial charge < -0.3 is 10.2 Å². The Bertz CT molecular complexity index is 291. The molecule has 0 saturated heterocycles. The Labute approximate surface area is 202 Å². The van der Waals surface area contributed by atoms with Crippen molar-refractivity contribution in [1.29, 1.82) is 0 Å². The molecule has 0 atom stereocenters. The van der Waals surface area contributed by atoms with Crippen molar-refractivity contribution >= 4 is 0 Å². The number of rotatable bonds is 0. The molecule has 0 aromatic heterocycles. The van der Waals surface area contributed by atoms with Gasteiger partial charge in [-0.25, -0.2) is 0 Å². The maximum Gasteiger partial charge on any atom is 0.0540 e. The minimum atomic E-state index is -0.0430. The van der Waals surface area contributed by atoms with Gasteiger partial charge in [0.1, 0.15) is 0 Å². The number of hydrogen-bond acceptors (Lipinski definition) is 2. The summed E-state index contributed by atoms with van der Waals surface area (Å²) in [7, 11) is 0. The van der Waals surface area contributed by atoms with Crippen LogP contribution in [0.3, 0.4) is 0 Å². The van der Waals surface area contributed by atoms with Gasteiger partial charge in [-0.15, -0.1) is 0 Å². The summed E-state index contributed by atoms with van der Waals surface area (Å²) < 4.78 is 0. The lowest BCUT2D eigenvalue weighted by Gasteiger charge is -2.11. The number of aliphatic hydroxyl groups excluding tert-OH is 2. The van der Waals surface area contributed by atoms with E-state index in [1.165, 1.54) is 154 Å². The van der Waals surface area contributed by atoms with Crippen LogP contribution in [0.1, 0.15) is 180 Å². The molecule has 0 aliphatic heterocycles. The number of hydrogen-bond donors (Lipinski definition) is 2. The molecule has 0 amide bonds. The molecule has 1 aliphatic rings. The topological polar surface area (TPSA) is 40.5 Å². The zero-order valence-corrected chi connectivity index (χ0v) is 21.8. The van der Waals surface area contributed by atoms with E-state index in [2.05, 4.69) is 0 Å². The van der Waals surface area contributed by atoms with Crippen LogP contribution < -0.4 is 0 Å². The Kier molecular flexibility index (Phi) is 22.5. The van der Waals surface area contributed by atoms with E-state index < -0.39 is 0 Å². The van der Waals surface area contributed by atoms with Crippen LogP contribution in [-0.4, -0.2) is 22.4 Å². The zero-order chi connectivity index (χ0) is 23.0. The largest absolute Gasteiger partial charge is 0.393 e. The molecule has 0 bridgehead atoms. The third-order valence-electron chi connectivity index (χ3n) is 7.65. The molecule has 0 aromatic carbocycles. The Morgan fingerprint density at radius 1 is 0.219 bits per heavy atom. The van der Waals surface area contributed by atoms with Crippen LogP contribution in [0.15, 0.2) is 0 Å². The first-order valence-electron chi connectivity index (χ1n) is 15.1. The highest BCUT2D eigenvalue weighted by molar-refractivity contribution is 4.59. The quantitative estimate of drug-likeness (QED) is 0.384. The fourth-order valence-corrected chi connectivity index (χ4v) is 5.34. The molecule has 2 N–H and O–H groups in total. The third kappa shape index (κ3) is 21.7. The van der Waals surface area contributed by atoms with Crippen molar-refractivity contribution in [1.82, 2.24) is 0 Å². The van der Waals surface area contributed by atoms with Gasteiger partial charge in [0.25, 0.3) is 0 Å². The summed E-state index contributed by atoms with van der Waals surface area (Å²) in [5, 5.41) is 20.4. The van der Waals surface area contributed by atoms with Crippen molar-refractivity contribution in [2.45, 2.75) is 192 Å². The molecular weight excluding hydrogens is 392 g/mol. The lowest BCUT2D eigenvalue weighted by atomic mass is 10.00. The molecule has 0 unspecified atom stereocenters. The highest BCUT2D eigenvalue weighted by Crippen LogP contribution is 2.18. The highest BCUT2D eigenvalue weighted by atomic mass is 16.3. The summed E-state index contributed by atoms with van der Waals surface area (Å²) in [6.45, 7) is 0. The first kappa shape index (κ1) is 30.0. The summed E-state index contributed by atoms with van der Waals surface area (Å²) in [5.41, 5.74) is 0. The molecule has 2 heteroatoms. The van der Waals surface area contributed by atoms with E-state index in [0.29, 0.717) is 0 Å². The smallest absolute Gasteiger partial charge is 0.0540 e. The van der Waals surface area contributed by atoms with Crippen LogP contribution in [0.5, 0.6) is 0 Å². The molecule has 0 spiro atoms. The fourth-order valence-electron chi connectivity index (χ4n) is 5.34. The monoisotopic (exact) mass is 452 g/mol. The molecule has 1 saturated carbocycles. The Hall–Kier alpha value is -0.0800. The first-order valence-corrected chi connectivity index (χ1v) is 15.1. The SMILES string of the molecule is OC1CCCCCCCCCCCCCCC(O)CCCCCCCCCCCCCC1. The molecule has 2 nitrogen and oxygen atoms in total. The van der Waals surface area contributed by atoms with Gasteiger partial charge in [-0.2, -0.15) is 0 Å². The van der Waals surface area contributed by atoms with E-state index >= 15 is 0 Å². The molecule has 192 valence electrons. The summed E-state index contributed by atoms with van der Waals surface area (Å²) in [4.78, 5) is 0. The first-order chi connectivity index (χ1) is 15.8. The zero-order valence-electron chi connectivity index (χ0n) is 21.8. The van der Waals surface area contributed by atoms with E-state index in [9.17, 15) is 10.2 Å². The predicted octanol–water partition coefficient (Wildman–Crippen LogP) is 9.64. The maximum absolute atomic E-state index is 10.2. The van der Waals surface area contributed by atoms with Gasteiger partial charge in [0, 0.05) is 0 Å². The molecule has 0 radical (unpaired) electrons. The second kappa shape index (κ2) is 24.1. The normalized spacial score (nSPS) is 27.9. The van der Waals surface area contributed by atoms with Gasteiger partial charge in [0.15, 0.2) is 0 Å². The van der Waals surface area contributed by atoms with Crippen molar-refractivity contribution in [3.8, 4) is 0 Å². The molecule has 1 rings (SSSR count). The van der Waals surface area contributed by atoms with Crippen molar-refractivity contribution in [3.63, 3.8) is 0 Å².